The van der Waals surface area contributed by atoms with Gasteiger partial charge >= 0.3 is 0 Å². The fourth-order valence-corrected chi connectivity index (χ4v) is 3.04. The highest BCUT2D eigenvalue weighted by atomic mass is 79.9. The zero-order chi connectivity index (χ0) is 21.0. The molecule has 1 aliphatic rings. The Labute approximate surface area is 176 Å². The number of phenolic OH excluding ortho intramolecular Hbond substituents is 1. The number of halogens is 1. The summed E-state index contributed by atoms with van der Waals surface area (Å²) >= 11 is 3.21. The standard InChI is InChI=1S/C20H20BrN3O5/c1-11(2)18(20(27)24-22-9-12-3-5-15(25)14(21)7-12)23-19(26)13-4-6-16-17(8-13)29-10-28-16/h3-9,11,18,25H,10H2,1-2H3,(H,23,26)(H,24,27). The summed E-state index contributed by atoms with van der Waals surface area (Å²) in [6, 6.07) is 8.88. The molecule has 152 valence electrons. The second-order valence-corrected chi connectivity index (χ2v) is 7.56. The van der Waals surface area contributed by atoms with E-state index in [9.17, 15) is 14.7 Å². The molecule has 0 spiro atoms. The minimum Gasteiger partial charge on any atom is -0.507 e. The zero-order valence-electron chi connectivity index (χ0n) is 15.8. The number of carbonyl (C=O) groups is 2. The molecule has 0 aromatic heterocycles. The topological polar surface area (TPSA) is 109 Å². The van der Waals surface area contributed by atoms with Gasteiger partial charge in [-0.3, -0.25) is 9.59 Å². The average Bonchev–Trinajstić information content (AvgIpc) is 3.16. The lowest BCUT2D eigenvalue weighted by Crippen LogP contribution is -2.48. The minimum atomic E-state index is -0.781. The summed E-state index contributed by atoms with van der Waals surface area (Å²) in [5.41, 5.74) is 3.49. The van der Waals surface area contributed by atoms with Crippen molar-refractivity contribution in [1.82, 2.24) is 10.7 Å². The second-order valence-electron chi connectivity index (χ2n) is 6.71. The van der Waals surface area contributed by atoms with E-state index in [0.717, 1.165) is 0 Å². The lowest BCUT2D eigenvalue weighted by atomic mass is 10.0. The summed E-state index contributed by atoms with van der Waals surface area (Å²) in [5.74, 6) is 0.179. The Bertz CT molecular complexity index is 961. The minimum absolute atomic E-state index is 0.109. The second kappa shape index (κ2) is 8.95. The number of fused-ring (bicyclic) bond motifs is 1. The fourth-order valence-electron chi connectivity index (χ4n) is 2.64. The van der Waals surface area contributed by atoms with E-state index >= 15 is 0 Å². The van der Waals surface area contributed by atoms with Gasteiger partial charge in [-0.15, -0.1) is 0 Å². The molecule has 8 nitrogen and oxygen atoms in total. The van der Waals surface area contributed by atoms with E-state index in [0.29, 0.717) is 27.1 Å². The van der Waals surface area contributed by atoms with Crippen LogP contribution in [0.25, 0.3) is 0 Å². The number of nitrogens with one attached hydrogen (secondary N) is 2. The van der Waals surface area contributed by atoms with Crippen molar-refractivity contribution in [3.8, 4) is 17.2 Å². The highest BCUT2D eigenvalue weighted by Gasteiger charge is 2.25. The molecular formula is C20H20BrN3O5. The van der Waals surface area contributed by atoms with Crippen LogP contribution in [0.3, 0.4) is 0 Å². The Balaban J connectivity index is 1.64. The molecule has 0 fully saturated rings. The lowest BCUT2D eigenvalue weighted by Gasteiger charge is -2.20. The van der Waals surface area contributed by atoms with Crippen molar-refractivity contribution < 1.29 is 24.2 Å². The van der Waals surface area contributed by atoms with Crippen LogP contribution in [-0.2, 0) is 4.79 Å². The van der Waals surface area contributed by atoms with E-state index in [2.05, 4.69) is 31.8 Å². The van der Waals surface area contributed by atoms with Crippen LogP contribution < -0.4 is 20.2 Å². The maximum Gasteiger partial charge on any atom is 0.262 e. The van der Waals surface area contributed by atoms with E-state index in [4.69, 9.17) is 9.47 Å². The Morgan fingerprint density at radius 3 is 2.66 bits per heavy atom. The molecule has 0 saturated heterocycles. The largest absolute Gasteiger partial charge is 0.507 e. The van der Waals surface area contributed by atoms with Crippen LogP contribution in [0.4, 0.5) is 0 Å². The molecule has 0 radical (unpaired) electrons. The number of aromatic hydroxyl groups is 1. The first-order valence-corrected chi connectivity index (χ1v) is 9.66. The zero-order valence-corrected chi connectivity index (χ0v) is 17.4. The van der Waals surface area contributed by atoms with Gasteiger partial charge in [0.2, 0.25) is 6.79 Å². The number of hydrogen-bond acceptors (Lipinski definition) is 6. The molecule has 1 atom stereocenters. The molecule has 2 aromatic rings. The van der Waals surface area contributed by atoms with Crippen LogP contribution in [-0.4, -0.2) is 36.0 Å². The van der Waals surface area contributed by atoms with E-state index < -0.39 is 17.9 Å². The van der Waals surface area contributed by atoms with Gasteiger partial charge in [-0.25, -0.2) is 5.43 Å². The van der Waals surface area contributed by atoms with Crippen LogP contribution in [0.15, 0.2) is 46.0 Å². The first kappa shape index (κ1) is 20.7. The summed E-state index contributed by atoms with van der Waals surface area (Å²) in [7, 11) is 0. The number of hydrogen-bond donors (Lipinski definition) is 3. The van der Waals surface area contributed by atoms with E-state index in [-0.39, 0.29) is 18.5 Å². The summed E-state index contributed by atoms with van der Waals surface area (Å²) in [6.07, 6.45) is 1.44. The van der Waals surface area contributed by atoms with Crippen LogP contribution in [0.2, 0.25) is 0 Å². The Morgan fingerprint density at radius 2 is 1.93 bits per heavy atom. The molecular weight excluding hydrogens is 442 g/mol. The quantitative estimate of drug-likeness (QED) is 0.452. The third kappa shape index (κ3) is 5.05. The molecule has 2 amide bonds. The van der Waals surface area contributed by atoms with Gasteiger partial charge in [0.25, 0.3) is 11.8 Å². The number of ether oxygens (including phenoxy) is 2. The van der Waals surface area contributed by atoms with Crippen molar-refractivity contribution >= 4 is 34.0 Å². The van der Waals surface area contributed by atoms with Crippen molar-refractivity contribution in [2.24, 2.45) is 11.0 Å². The fraction of sp³-hybridized carbons (Fsp3) is 0.250. The molecule has 0 aliphatic carbocycles. The molecule has 2 aromatic carbocycles. The Kier molecular flexibility index (Phi) is 6.38. The highest BCUT2D eigenvalue weighted by molar-refractivity contribution is 9.10. The first-order chi connectivity index (χ1) is 13.8. The molecule has 0 bridgehead atoms. The average molecular weight is 462 g/mol. The normalized spacial score (nSPS) is 13.5. The molecule has 1 aliphatic heterocycles. The van der Waals surface area contributed by atoms with E-state index in [1.165, 1.54) is 12.3 Å². The number of nitrogens with zero attached hydrogens (tertiary/aromatic N) is 1. The van der Waals surface area contributed by atoms with Crippen LogP contribution >= 0.6 is 15.9 Å². The summed E-state index contributed by atoms with van der Waals surface area (Å²) in [4.78, 5) is 25.1. The SMILES string of the molecule is CC(C)C(NC(=O)c1ccc2c(c1)OCO2)C(=O)NN=Cc1ccc(O)c(Br)c1. The van der Waals surface area contributed by atoms with Gasteiger partial charge in [0.05, 0.1) is 10.7 Å². The van der Waals surface area contributed by atoms with Crippen LogP contribution in [0.5, 0.6) is 17.2 Å². The van der Waals surface area contributed by atoms with Gasteiger partial charge in [-0.05, 0) is 63.8 Å². The predicted molar refractivity (Wildman–Crippen MR) is 110 cm³/mol. The van der Waals surface area contributed by atoms with Gasteiger partial charge in [-0.1, -0.05) is 13.8 Å². The van der Waals surface area contributed by atoms with E-state index in [1.807, 2.05) is 13.8 Å². The van der Waals surface area contributed by atoms with Crippen molar-refractivity contribution in [2.75, 3.05) is 6.79 Å². The monoisotopic (exact) mass is 461 g/mol. The van der Waals surface area contributed by atoms with Gasteiger partial charge in [0, 0.05) is 5.56 Å². The van der Waals surface area contributed by atoms with Gasteiger partial charge in [0.15, 0.2) is 11.5 Å². The molecule has 29 heavy (non-hydrogen) atoms. The lowest BCUT2D eigenvalue weighted by molar-refractivity contribution is -0.123. The number of hydrazone groups is 1. The third-order valence-corrected chi connectivity index (χ3v) is 4.87. The Hall–Kier alpha value is -3.07. The van der Waals surface area contributed by atoms with Gasteiger partial charge in [-0.2, -0.15) is 5.10 Å². The summed E-state index contributed by atoms with van der Waals surface area (Å²) < 4.78 is 11.0. The first-order valence-electron chi connectivity index (χ1n) is 8.87. The van der Waals surface area contributed by atoms with E-state index in [1.54, 1.807) is 30.3 Å². The number of rotatable bonds is 6. The van der Waals surface area contributed by atoms with Crippen molar-refractivity contribution in [3.63, 3.8) is 0 Å². The van der Waals surface area contributed by atoms with Crippen molar-refractivity contribution in [1.29, 1.82) is 0 Å². The Morgan fingerprint density at radius 1 is 1.17 bits per heavy atom. The number of benzene rings is 2. The maximum atomic E-state index is 12.6. The van der Waals surface area contributed by atoms with Crippen LogP contribution in [0.1, 0.15) is 29.8 Å². The number of amides is 2. The van der Waals surface area contributed by atoms with Gasteiger partial charge in [0.1, 0.15) is 11.8 Å². The maximum absolute atomic E-state index is 12.6. The molecule has 9 heteroatoms. The molecule has 0 saturated carbocycles. The number of carbonyl (C=O) groups excluding carboxylic acids is 2. The van der Waals surface area contributed by atoms with Gasteiger partial charge < -0.3 is 19.9 Å². The third-order valence-electron chi connectivity index (χ3n) is 4.23. The molecule has 3 N–H and O–H groups in total. The summed E-state index contributed by atoms with van der Waals surface area (Å²) in [5, 5.41) is 16.2. The highest BCUT2D eigenvalue weighted by Crippen LogP contribution is 2.32. The van der Waals surface area contributed by atoms with Crippen molar-refractivity contribution in [3.05, 3.63) is 52.0 Å². The van der Waals surface area contributed by atoms with Crippen LogP contribution in [0, 0.1) is 5.92 Å². The number of phenols is 1. The molecule has 1 unspecified atom stereocenters. The van der Waals surface area contributed by atoms with Crippen molar-refractivity contribution in [2.45, 2.75) is 19.9 Å². The summed E-state index contributed by atoms with van der Waals surface area (Å²) in [6.45, 7) is 3.77. The predicted octanol–water partition coefficient (Wildman–Crippen LogP) is 2.79. The smallest absolute Gasteiger partial charge is 0.262 e. The molecule has 3 rings (SSSR count). The molecule has 1 heterocycles.